The van der Waals surface area contributed by atoms with Gasteiger partial charge in [-0.25, -0.2) is 0 Å². The molecule has 2 heterocycles. The van der Waals surface area contributed by atoms with Gasteiger partial charge in [0.15, 0.2) is 0 Å². The van der Waals surface area contributed by atoms with E-state index in [1.807, 2.05) is 55.5 Å². The second-order valence-corrected chi connectivity index (χ2v) is 8.78. The number of ether oxygens (including phenoxy) is 1. The Morgan fingerprint density at radius 3 is 2.75 bits per heavy atom. The summed E-state index contributed by atoms with van der Waals surface area (Å²) in [4.78, 5) is 28.9. The van der Waals surface area contributed by atoms with E-state index in [0.29, 0.717) is 5.75 Å². The molecule has 2 N–H and O–H groups in total. The van der Waals surface area contributed by atoms with Gasteiger partial charge in [-0.2, -0.15) is 0 Å². The zero-order chi connectivity index (χ0) is 19.7. The van der Waals surface area contributed by atoms with Gasteiger partial charge < -0.3 is 15.0 Å². The minimum atomic E-state index is -0.294. The van der Waals surface area contributed by atoms with Crippen LogP contribution in [0.25, 0.3) is 0 Å². The lowest BCUT2D eigenvalue weighted by molar-refractivity contribution is -0.119. The molecular formula is C21H20N2O3S2. The number of aromatic amines is 1. The number of nitrogens with one attached hydrogen (secondary N) is 2. The van der Waals surface area contributed by atoms with Crippen molar-refractivity contribution in [3.63, 3.8) is 0 Å². The summed E-state index contributed by atoms with van der Waals surface area (Å²) in [6.45, 7) is 2.01. The number of H-pyrrole nitrogens is 1. The van der Waals surface area contributed by atoms with Crippen molar-refractivity contribution in [2.24, 2.45) is 5.92 Å². The molecule has 144 valence electrons. The summed E-state index contributed by atoms with van der Waals surface area (Å²) in [6, 6.07) is 15.5. The van der Waals surface area contributed by atoms with E-state index in [2.05, 4.69) is 10.3 Å². The molecule has 0 radical (unpaired) electrons. The number of aryl methyl sites for hydroxylation is 1. The summed E-state index contributed by atoms with van der Waals surface area (Å²) < 4.78 is 5.37. The Labute approximate surface area is 171 Å². The number of hydrogen-bond donors (Lipinski definition) is 2. The lowest BCUT2D eigenvalue weighted by Crippen LogP contribution is -2.32. The maximum Gasteiger partial charge on any atom is 0.305 e. The molecular weight excluding hydrogens is 392 g/mol. The first kappa shape index (κ1) is 18.8. The van der Waals surface area contributed by atoms with Gasteiger partial charge in [-0.3, -0.25) is 9.59 Å². The largest absolute Gasteiger partial charge is 0.497 e. The van der Waals surface area contributed by atoms with Gasteiger partial charge in [0.05, 0.1) is 18.1 Å². The molecule has 1 aliphatic rings. The summed E-state index contributed by atoms with van der Waals surface area (Å²) in [7, 11) is 1.62. The van der Waals surface area contributed by atoms with E-state index < -0.39 is 0 Å². The number of carbonyl (C=O) groups is 1. The first-order valence-corrected chi connectivity index (χ1v) is 10.7. The molecule has 2 atom stereocenters. The Morgan fingerprint density at radius 1 is 1.21 bits per heavy atom. The van der Waals surface area contributed by atoms with Crippen LogP contribution < -0.4 is 14.9 Å². The van der Waals surface area contributed by atoms with Gasteiger partial charge in [-0.1, -0.05) is 41.2 Å². The van der Waals surface area contributed by atoms with Crippen LogP contribution in [0.3, 0.4) is 0 Å². The van der Waals surface area contributed by atoms with Crippen molar-refractivity contribution in [1.82, 2.24) is 4.98 Å². The number of thioether (sulfide) groups is 1. The maximum absolute atomic E-state index is 13.2. The van der Waals surface area contributed by atoms with E-state index in [1.165, 1.54) is 23.1 Å². The minimum Gasteiger partial charge on any atom is -0.497 e. The first-order chi connectivity index (χ1) is 13.5. The maximum atomic E-state index is 13.2. The molecule has 7 heteroatoms. The van der Waals surface area contributed by atoms with Crippen molar-refractivity contribution in [3.8, 4) is 5.75 Å². The smallest absolute Gasteiger partial charge is 0.305 e. The van der Waals surface area contributed by atoms with Crippen molar-refractivity contribution in [1.29, 1.82) is 0 Å². The van der Waals surface area contributed by atoms with Gasteiger partial charge in [0, 0.05) is 22.2 Å². The average Bonchev–Trinajstić information content (AvgIpc) is 3.09. The lowest BCUT2D eigenvalue weighted by Gasteiger charge is -2.30. The molecule has 0 aliphatic carbocycles. The molecule has 0 unspecified atom stereocenters. The Balaban J connectivity index is 1.71. The normalized spacial score (nSPS) is 18.4. The topological polar surface area (TPSA) is 71.2 Å². The second kappa shape index (κ2) is 7.85. The molecule has 0 saturated heterocycles. The molecule has 0 bridgehead atoms. The summed E-state index contributed by atoms with van der Waals surface area (Å²) in [5.41, 5.74) is 2.89. The van der Waals surface area contributed by atoms with Crippen LogP contribution in [-0.2, 0) is 4.79 Å². The molecule has 4 rings (SSSR count). The van der Waals surface area contributed by atoms with Gasteiger partial charge in [-0.05, 0) is 36.8 Å². The molecule has 1 aliphatic heterocycles. The van der Waals surface area contributed by atoms with Crippen LogP contribution in [0.2, 0.25) is 0 Å². The molecule has 0 saturated carbocycles. The van der Waals surface area contributed by atoms with Crippen LogP contribution in [-0.4, -0.2) is 23.8 Å². The van der Waals surface area contributed by atoms with Crippen molar-refractivity contribution in [2.45, 2.75) is 17.9 Å². The molecule has 28 heavy (non-hydrogen) atoms. The van der Waals surface area contributed by atoms with Crippen LogP contribution >= 0.6 is 23.1 Å². The zero-order valence-corrected chi connectivity index (χ0v) is 17.2. The molecule has 0 fully saturated rings. The average molecular weight is 413 g/mol. The fourth-order valence-corrected chi connectivity index (χ4v) is 5.82. The number of anilines is 1. The zero-order valence-electron chi connectivity index (χ0n) is 15.5. The van der Waals surface area contributed by atoms with E-state index in [9.17, 15) is 9.59 Å². The molecule has 1 amide bonds. The van der Waals surface area contributed by atoms with E-state index >= 15 is 0 Å². The summed E-state index contributed by atoms with van der Waals surface area (Å²) in [6.07, 6.45) is 0. The van der Waals surface area contributed by atoms with E-state index in [0.717, 1.165) is 32.5 Å². The summed E-state index contributed by atoms with van der Waals surface area (Å²) in [5, 5.41) is 3.90. The van der Waals surface area contributed by atoms with Gasteiger partial charge in [0.25, 0.3) is 0 Å². The Bertz CT molecular complexity index is 1060. The number of aromatic nitrogens is 1. The van der Waals surface area contributed by atoms with E-state index in [1.54, 1.807) is 7.11 Å². The number of methoxy groups -OCH3 is 1. The van der Waals surface area contributed by atoms with Gasteiger partial charge in [-0.15, -0.1) is 11.8 Å². The first-order valence-electron chi connectivity index (χ1n) is 8.92. The fraction of sp³-hybridized carbons (Fsp3) is 0.238. The highest BCUT2D eigenvalue weighted by Gasteiger charge is 2.38. The molecule has 2 aromatic carbocycles. The Kier molecular flexibility index (Phi) is 5.28. The standard InChI is InChI=1S/C21H20N2O3S2/c1-12-6-8-14(9-7-12)22-19(24)16-11-27-20-18(28-21(25)23-20)17(16)13-4-3-5-15(10-13)26-2/h3-10,16-17H,11H2,1-2H3,(H,22,24)(H,23,25)/t16-,17-/m0/s1. The van der Waals surface area contributed by atoms with Crippen molar-refractivity contribution in [3.05, 3.63) is 74.2 Å². The molecule has 5 nitrogen and oxygen atoms in total. The number of carbonyl (C=O) groups excluding carboxylic acids is 1. The van der Waals surface area contributed by atoms with E-state index in [-0.39, 0.29) is 22.6 Å². The molecule has 1 aromatic heterocycles. The van der Waals surface area contributed by atoms with Crippen LogP contribution in [0.4, 0.5) is 5.69 Å². The number of benzene rings is 2. The highest BCUT2D eigenvalue weighted by Crippen LogP contribution is 2.46. The minimum absolute atomic E-state index is 0.0457. The van der Waals surface area contributed by atoms with Crippen LogP contribution in [0.1, 0.15) is 21.9 Å². The van der Waals surface area contributed by atoms with E-state index in [4.69, 9.17) is 4.74 Å². The monoisotopic (exact) mass is 412 g/mol. The third-order valence-electron chi connectivity index (χ3n) is 4.84. The number of fused-ring (bicyclic) bond motifs is 1. The molecule has 0 spiro atoms. The fourth-order valence-electron chi connectivity index (χ4n) is 3.41. The molecule has 3 aromatic rings. The van der Waals surface area contributed by atoms with Crippen molar-refractivity contribution in [2.75, 3.05) is 18.2 Å². The predicted molar refractivity (Wildman–Crippen MR) is 114 cm³/mol. The highest BCUT2D eigenvalue weighted by atomic mass is 32.2. The van der Waals surface area contributed by atoms with Gasteiger partial charge in [0.2, 0.25) is 5.91 Å². The SMILES string of the molecule is COc1cccc([C@@H]2c3sc(=O)[nH]c3SC[C@@H]2C(=O)Nc2ccc(C)cc2)c1. The lowest BCUT2D eigenvalue weighted by atomic mass is 9.85. The Hall–Kier alpha value is -2.51. The Morgan fingerprint density at radius 2 is 2.00 bits per heavy atom. The third kappa shape index (κ3) is 3.72. The number of thiazole rings is 1. The quantitative estimate of drug-likeness (QED) is 0.672. The van der Waals surface area contributed by atoms with Crippen molar-refractivity contribution < 1.29 is 9.53 Å². The summed E-state index contributed by atoms with van der Waals surface area (Å²) in [5.74, 6) is 0.797. The second-order valence-electron chi connectivity index (χ2n) is 6.73. The van der Waals surface area contributed by atoms with Gasteiger partial charge >= 0.3 is 4.87 Å². The van der Waals surface area contributed by atoms with Crippen LogP contribution in [0, 0.1) is 12.8 Å². The number of hydrogen-bond acceptors (Lipinski definition) is 5. The van der Waals surface area contributed by atoms with Crippen molar-refractivity contribution >= 4 is 34.7 Å². The third-order valence-corrected chi connectivity index (χ3v) is 7.07. The number of rotatable bonds is 4. The van der Waals surface area contributed by atoms with Crippen LogP contribution in [0.15, 0.2) is 58.4 Å². The van der Waals surface area contributed by atoms with Gasteiger partial charge in [0.1, 0.15) is 5.75 Å². The predicted octanol–water partition coefficient (Wildman–Crippen LogP) is 4.25. The number of amides is 1. The van der Waals surface area contributed by atoms with Crippen LogP contribution in [0.5, 0.6) is 5.75 Å². The summed E-state index contributed by atoms with van der Waals surface area (Å²) >= 11 is 2.71. The highest BCUT2D eigenvalue weighted by molar-refractivity contribution is 7.99.